The number of anilines is 1. The molecule has 5 heteroatoms. The number of ether oxygens (including phenoxy) is 2. The van der Waals surface area contributed by atoms with E-state index < -0.39 is 0 Å². The predicted molar refractivity (Wildman–Crippen MR) is 79.1 cm³/mol. The Bertz CT molecular complexity index is 539. The molecule has 1 amide bonds. The first-order valence-corrected chi connectivity index (χ1v) is 6.94. The Labute approximate surface area is 123 Å². The van der Waals surface area contributed by atoms with E-state index in [4.69, 9.17) is 9.47 Å². The lowest BCUT2D eigenvalue weighted by Crippen LogP contribution is -2.25. The molecule has 1 atom stereocenters. The van der Waals surface area contributed by atoms with Crippen LogP contribution < -0.4 is 10.1 Å². The van der Waals surface area contributed by atoms with Crippen molar-refractivity contribution in [2.24, 2.45) is 5.92 Å². The van der Waals surface area contributed by atoms with Gasteiger partial charge in [-0.15, -0.1) is 0 Å². The van der Waals surface area contributed by atoms with Crippen molar-refractivity contribution < 1.29 is 19.1 Å². The second kappa shape index (κ2) is 7.47. The van der Waals surface area contributed by atoms with E-state index in [1.165, 1.54) is 0 Å². The molecule has 2 rings (SSSR count). The Hall–Kier alpha value is -2.30. The Balaban J connectivity index is 1.78. The summed E-state index contributed by atoms with van der Waals surface area (Å²) in [5.74, 6) is -0.137. The number of nitrogens with one attached hydrogen (secondary N) is 1. The minimum absolute atomic E-state index is 0.125. The van der Waals surface area contributed by atoms with Crippen LogP contribution in [0.3, 0.4) is 0 Å². The Morgan fingerprint density at radius 2 is 2.19 bits per heavy atom. The van der Waals surface area contributed by atoms with E-state index in [-0.39, 0.29) is 24.4 Å². The molecule has 0 spiro atoms. The number of benzene rings is 1. The first kappa shape index (κ1) is 15.1. The van der Waals surface area contributed by atoms with Crippen LogP contribution in [0.5, 0.6) is 5.75 Å². The Kier molecular flexibility index (Phi) is 5.37. The largest absolute Gasteiger partial charge is 0.497 e. The van der Waals surface area contributed by atoms with Crippen LogP contribution in [0, 0.1) is 5.92 Å². The number of carbonyl (C=O) groups is 2. The Morgan fingerprint density at radius 1 is 1.33 bits per heavy atom. The second-order valence-electron chi connectivity index (χ2n) is 4.87. The molecule has 5 nitrogen and oxygen atoms in total. The van der Waals surface area contributed by atoms with Gasteiger partial charge in [0.15, 0.2) is 6.61 Å². The molecule has 0 aliphatic heterocycles. The van der Waals surface area contributed by atoms with Crippen molar-refractivity contribution in [1.29, 1.82) is 0 Å². The number of rotatable bonds is 5. The number of hydrogen-bond acceptors (Lipinski definition) is 4. The molecule has 1 aromatic carbocycles. The zero-order valence-corrected chi connectivity index (χ0v) is 12.0. The maximum absolute atomic E-state index is 11.8. The predicted octanol–water partition coefficient (Wildman–Crippen LogP) is 2.53. The number of esters is 1. The molecule has 0 bridgehead atoms. The van der Waals surface area contributed by atoms with Crippen LogP contribution in [0.15, 0.2) is 36.4 Å². The number of amides is 1. The van der Waals surface area contributed by atoms with Gasteiger partial charge in [-0.2, -0.15) is 0 Å². The maximum Gasteiger partial charge on any atom is 0.309 e. The summed E-state index contributed by atoms with van der Waals surface area (Å²) >= 11 is 0. The van der Waals surface area contributed by atoms with Crippen molar-refractivity contribution in [1.82, 2.24) is 0 Å². The van der Waals surface area contributed by atoms with E-state index in [0.29, 0.717) is 17.9 Å². The summed E-state index contributed by atoms with van der Waals surface area (Å²) in [6, 6.07) is 7.00. The molecule has 1 aliphatic rings. The van der Waals surface area contributed by atoms with Crippen LogP contribution in [0.2, 0.25) is 0 Å². The molecule has 0 radical (unpaired) electrons. The van der Waals surface area contributed by atoms with Gasteiger partial charge in [-0.3, -0.25) is 9.59 Å². The average molecular weight is 289 g/mol. The van der Waals surface area contributed by atoms with Crippen LogP contribution in [-0.2, 0) is 14.3 Å². The molecule has 1 aromatic rings. The van der Waals surface area contributed by atoms with Crippen molar-refractivity contribution in [3.63, 3.8) is 0 Å². The van der Waals surface area contributed by atoms with Crippen LogP contribution in [0.25, 0.3) is 0 Å². The summed E-state index contributed by atoms with van der Waals surface area (Å²) in [7, 11) is 1.56. The van der Waals surface area contributed by atoms with E-state index in [0.717, 1.165) is 12.8 Å². The van der Waals surface area contributed by atoms with E-state index in [9.17, 15) is 9.59 Å². The number of carbonyl (C=O) groups excluding carboxylic acids is 2. The fourth-order valence-corrected chi connectivity index (χ4v) is 2.16. The highest BCUT2D eigenvalue weighted by molar-refractivity contribution is 5.93. The third-order valence-electron chi connectivity index (χ3n) is 3.30. The fourth-order valence-electron chi connectivity index (χ4n) is 2.16. The quantitative estimate of drug-likeness (QED) is 0.668. The lowest BCUT2D eigenvalue weighted by molar-refractivity contribution is -0.151. The van der Waals surface area contributed by atoms with E-state index in [1.807, 2.05) is 6.08 Å². The van der Waals surface area contributed by atoms with E-state index in [1.54, 1.807) is 31.4 Å². The molecular weight excluding hydrogens is 270 g/mol. The molecule has 1 aliphatic carbocycles. The molecule has 0 fully saturated rings. The first-order valence-electron chi connectivity index (χ1n) is 6.94. The summed E-state index contributed by atoms with van der Waals surface area (Å²) in [6.45, 7) is -0.268. The zero-order chi connectivity index (χ0) is 15.1. The van der Waals surface area contributed by atoms with Crippen LogP contribution in [0.1, 0.15) is 19.3 Å². The van der Waals surface area contributed by atoms with Gasteiger partial charge in [-0.05, 0) is 31.4 Å². The molecule has 1 N–H and O–H groups in total. The van der Waals surface area contributed by atoms with Crippen molar-refractivity contribution in [2.45, 2.75) is 19.3 Å². The van der Waals surface area contributed by atoms with Crippen LogP contribution >= 0.6 is 0 Å². The summed E-state index contributed by atoms with van der Waals surface area (Å²) < 4.78 is 10.1. The summed E-state index contributed by atoms with van der Waals surface area (Å²) in [5.41, 5.74) is 0.607. The van der Waals surface area contributed by atoms with E-state index in [2.05, 4.69) is 11.4 Å². The first-order chi connectivity index (χ1) is 10.2. The summed E-state index contributed by atoms with van der Waals surface area (Å²) in [5, 5.41) is 2.66. The number of methoxy groups -OCH3 is 1. The van der Waals surface area contributed by atoms with Crippen LogP contribution in [-0.4, -0.2) is 25.6 Å². The topological polar surface area (TPSA) is 64.6 Å². The molecule has 0 aromatic heterocycles. The molecule has 0 unspecified atom stereocenters. The highest BCUT2D eigenvalue weighted by Crippen LogP contribution is 2.19. The normalized spacial score (nSPS) is 17.1. The molecule has 112 valence electrons. The fraction of sp³-hybridized carbons (Fsp3) is 0.375. The zero-order valence-electron chi connectivity index (χ0n) is 12.0. The van der Waals surface area contributed by atoms with Crippen LogP contribution in [0.4, 0.5) is 5.69 Å². The van der Waals surface area contributed by atoms with Crippen molar-refractivity contribution >= 4 is 17.6 Å². The highest BCUT2D eigenvalue weighted by atomic mass is 16.5. The van der Waals surface area contributed by atoms with Gasteiger partial charge < -0.3 is 14.8 Å². The SMILES string of the molecule is COc1cccc(NC(=O)COC(=O)[C@H]2CC=CCC2)c1. The maximum atomic E-state index is 11.8. The smallest absolute Gasteiger partial charge is 0.309 e. The number of allylic oxidation sites excluding steroid dienone is 2. The highest BCUT2D eigenvalue weighted by Gasteiger charge is 2.20. The van der Waals surface area contributed by atoms with Gasteiger partial charge in [0, 0.05) is 11.8 Å². The van der Waals surface area contributed by atoms with Crippen molar-refractivity contribution in [2.75, 3.05) is 19.0 Å². The van der Waals surface area contributed by atoms with Gasteiger partial charge in [0.1, 0.15) is 5.75 Å². The van der Waals surface area contributed by atoms with Gasteiger partial charge >= 0.3 is 5.97 Å². The third-order valence-corrected chi connectivity index (χ3v) is 3.30. The number of hydrogen-bond donors (Lipinski definition) is 1. The standard InChI is InChI=1S/C16H19NO4/c1-20-14-9-5-8-13(10-14)17-15(18)11-21-16(19)12-6-3-2-4-7-12/h2-3,5,8-10,12H,4,6-7,11H2,1H3,(H,17,18)/t12-/m0/s1. The molecule has 0 heterocycles. The summed E-state index contributed by atoms with van der Waals surface area (Å²) in [6.07, 6.45) is 6.39. The molecule has 0 saturated heterocycles. The monoisotopic (exact) mass is 289 g/mol. The van der Waals surface area contributed by atoms with Crippen molar-refractivity contribution in [3.8, 4) is 5.75 Å². The van der Waals surface area contributed by atoms with Gasteiger partial charge in [0.05, 0.1) is 13.0 Å². The second-order valence-corrected chi connectivity index (χ2v) is 4.87. The van der Waals surface area contributed by atoms with Gasteiger partial charge in [0.2, 0.25) is 0 Å². The summed E-state index contributed by atoms with van der Waals surface area (Å²) in [4.78, 5) is 23.6. The van der Waals surface area contributed by atoms with Crippen molar-refractivity contribution in [3.05, 3.63) is 36.4 Å². The van der Waals surface area contributed by atoms with Gasteiger partial charge in [0.25, 0.3) is 5.91 Å². The lowest BCUT2D eigenvalue weighted by Gasteiger charge is -2.16. The molecular formula is C16H19NO4. The molecule has 21 heavy (non-hydrogen) atoms. The molecule has 0 saturated carbocycles. The van der Waals surface area contributed by atoms with Gasteiger partial charge in [-0.1, -0.05) is 18.2 Å². The third kappa shape index (κ3) is 4.63. The van der Waals surface area contributed by atoms with E-state index >= 15 is 0 Å². The minimum Gasteiger partial charge on any atom is -0.497 e. The lowest BCUT2D eigenvalue weighted by atomic mass is 9.95. The average Bonchev–Trinajstić information content (AvgIpc) is 2.53. The van der Waals surface area contributed by atoms with Gasteiger partial charge in [-0.25, -0.2) is 0 Å². The minimum atomic E-state index is -0.358. The Morgan fingerprint density at radius 3 is 2.90 bits per heavy atom.